The maximum Gasteiger partial charge on any atom is 0.469 e. The second-order valence-electron chi connectivity index (χ2n) is 3.12. The summed E-state index contributed by atoms with van der Waals surface area (Å²) in [6, 6.07) is 7.49. The van der Waals surface area contributed by atoms with Crippen LogP contribution in [0.4, 0.5) is 0 Å². The number of rotatable bonds is 3. The van der Waals surface area contributed by atoms with Crippen LogP contribution < -0.4 is 0 Å². The van der Waals surface area contributed by atoms with E-state index in [9.17, 15) is 4.57 Å². The molecule has 2 aromatic rings. The van der Waals surface area contributed by atoms with Crippen molar-refractivity contribution in [1.82, 2.24) is 4.98 Å². The fraction of sp³-hybridized carbons (Fsp3) is 0.111. The normalized spacial score (nSPS) is 12.1. The molecule has 0 saturated carbocycles. The lowest BCUT2D eigenvalue weighted by molar-refractivity contribution is 0.189. The summed E-state index contributed by atoms with van der Waals surface area (Å²) in [5.41, 5.74) is 1.65. The standard InChI is InChI=1S/C9H10NO4P/c11-15(12,13)14-6-7-5-10-9-4-2-1-3-8(7)9/h1-5,10H,6H2,(H2,11,12,13). The topological polar surface area (TPSA) is 82.6 Å². The smallest absolute Gasteiger partial charge is 0.361 e. The van der Waals surface area contributed by atoms with Crippen LogP contribution in [0, 0.1) is 0 Å². The van der Waals surface area contributed by atoms with Gasteiger partial charge in [-0.1, -0.05) is 18.2 Å². The first kappa shape index (κ1) is 10.4. The zero-order valence-corrected chi connectivity index (χ0v) is 8.65. The molecule has 0 spiro atoms. The molecule has 0 amide bonds. The highest BCUT2D eigenvalue weighted by atomic mass is 31.2. The van der Waals surface area contributed by atoms with E-state index >= 15 is 0 Å². The number of aromatic amines is 1. The number of hydrogen-bond acceptors (Lipinski definition) is 2. The van der Waals surface area contributed by atoms with Gasteiger partial charge in [0.05, 0.1) is 6.61 Å². The van der Waals surface area contributed by atoms with Crippen molar-refractivity contribution in [3.63, 3.8) is 0 Å². The summed E-state index contributed by atoms with van der Waals surface area (Å²) in [7, 11) is -4.40. The van der Waals surface area contributed by atoms with Crippen LogP contribution in [-0.2, 0) is 15.7 Å². The summed E-state index contributed by atoms with van der Waals surface area (Å²) in [6.07, 6.45) is 1.68. The summed E-state index contributed by atoms with van der Waals surface area (Å²) in [5.74, 6) is 0. The minimum atomic E-state index is -4.40. The zero-order valence-electron chi connectivity index (χ0n) is 7.75. The van der Waals surface area contributed by atoms with Crippen molar-refractivity contribution in [3.8, 4) is 0 Å². The Morgan fingerprint density at radius 1 is 1.33 bits per heavy atom. The molecule has 2 rings (SSSR count). The van der Waals surface area contributed by atoms with Crippen LogP contribution in [0.3, 0.4) is 0 Å². The molecule has 0 unspecified atom stereocenters. The van der Waals surface area contributed by atoms with Gasteiger partial charge in [-0.25, -0.2) is 4.57 Å². The average molecular weight is 227 g/mol. The van der Waals surface area contributed by atoms with E-state index in [1.165, 1.54) is 0 Å². The van der Waals surface area contributed by atoms with E-state index in [0.717, 1.165) is 16.5 Å². The summed E-state index contributed by atoms with van der Waals surface area (Å²) in [5, 5.41) is 0.908. The summed E-state index contributed by atoms with van der Waals surface area (Å²) >= 11 is 0. The van der Waals surface area contributed by atoms with Gasteiger partial charge in [0, 0.05) is 22.7 Å². The van der Waals surface area contributed by atoms with Crippen molar-refractivity contribution >= 4 is 18.7 Å². The molecule has 0 aliphatic rings. The first-order valence-corrected chi connectivity index (χ1v) is 5.84. The predicted molar refractivity (Wildman–Crippen MR) is 55.1 cm³/mol. The quantitative estimate of drug-likeness (QED) is 0.698. The maximum absolute atomic E-state index is 10.5. The molecule has 1 heterocycles. The molecule has 0 fully saturated rings. The van der Waals surface area contributed by atoms with Gasteiger partial charge in [-0.15, -0.1) is 0 Å². The van der Waals surface area contributed by atoms with Gasteiger partial charge < -0.3 is 14.8 Å². The average Bonchev–Trinajstić information content (AvgIpc) is 2.57. The molecule has 5 nitrogen and oxygen atoms in total. The fourth-order valence-corrected chi connectivity index (χ4v) is 1.71. The van der Waals surface area contributed by atoms with E-state index in [-0.39, 0.29) is 6.61 Å². The lowest BCUT2D eigenvalue weighted by atomic mass is 10.2. The Labute approximate surface area is 85.9 Å². The molecule has 6 heteroatoms. The van der Waals surface area contributed by atoms with E-state index in [2.05, 4.69) is 9.51 Å². The molecule has 0 atom stereocenters. The van der Waals surface area contributed by atoms with E-state index in [0.29, 0.717) is 0 Å². The van der Waals surface area contributed by atoms with E-state index in [1.807, 2.05) is 24.3 Å². The molecule has 0 aliphatic carbocycles. The van der Waals surface area contributed by atoms with Gasteiger partial charge in [-0.2, -0.15) is 0 Å². The lowest BCUT2D eigenvalue weighted by Crippen LogP contribution is -1.89. The van der Waals surface area contributed by atoms with Gasteiger partial charge in [0.1, 0.15) is 0 Å². The van der Waals surface area contributed by atoms with Gasteiger partial charge >= 0.3 is 7.82 Å². The van der Waals surface area contributed by atoms with Gasteiger partial charge in [-0.05, 0) is 6.07 Å². The van der Waals surface area contributed by atoms with Crippen molar-refractivity contribution in [2.24, 2.45) is 0 Å². The first-order valence-electron chi connectivity index (χ1n) is 4.31. The predicted octanol–water partition coefficient (Wildman–Crippen LogP) is 1.78. The molecular weight excluding hydrogens is 217 g/mol. The molecule has 1 aromatic carbocycles. The number of benzene rings is 1. The third-order valence-corrected chi connectivity index (χ3v) is 2.53. The number of nitrogens with one attached hydrogen (secondary N) is 1. The number of phosphoric ester groups is 1. The number of aromatic nitrogens is 1. The Kier molecular flexibility index (Phi) is 2.63. The van der Waals surface area contributed by atoms with Crippen LogP contribution >= 0.6 is 7.82 Å². The van der Waals surface area contributed by atoms with E-state index < -0.39 is 7.82 Å². The molecule has 0 aliphatic heterocycles. The number of para-hydroxylation sites is 1. The van der Waals surface area contributed by atoms with Crippen molar-refractivity contribution in [2.45, 2.75) is 6.61 Å². The molecule has 80 valence electrons. The minimum absolute atomic E-state index is 0.103. The number of fused-ring (bicyclic) bond motifs is 1. The maximum atomic E-state index is 10.5. The summed E-state index contributed by atoms with van der Waals surface area (Å²) < 4.78 is 15.0. The lowest BCUT2D eigenvalue weighted by Gasteiger charge is -2.03. The van der Waals surface area contributed by atoms with Gasteiger partial charge in [-0.3, -0.25) is 4.52 Å². The second kappa shape index (κ2) is 3.79. The monoisotopic (exact) mass is 227 g/mol. The number of phosphoric acid groups is 1. The third kappa shape index (κ3) is 2.46. The van der Waals surface area contributed by atoms with Crippen molar-refractivity contribution in [1.29, 1.82) is 0 Å². The molecular formula is C9H10NO4P. The van der Waals surface area contributed by atoms with E-state index in [1.54, 1.807) is 6.20 Å². The fourth-order valence-electron chi connectivity index (χ4n) is 1.40. The molecule has 0 saturated heterocycles. The largest absolute Gasteiger partial charge is 0.469 e. The minimum Gasteiger partial charge on any atom is -0.361 e. The molecule has 3 N–H and O–H groups in total. The first-order chi connectivity index (χ1) is 7.06. The zero-order chi connectivity index (χ0) is 10.9. The number of hydrogen-bond donors (Lipinski definition) is 3. The summed E-state index contributed by atoms with van der Waals surface area (Å²) in [4.78, 5) is 20.1. The summed E-state index contributed by atoms with van der Waals surface area (Å²) in [6.45, 7) is -0.103. The van der Waals surface area contributed by atoms with Crippen molar-refractivity contribution in [3.05, 3.63) is 36.0 Å². The van der Waals surface area contributed by atoms with Crippen molar-refractivity contribution < 1.29 is 18.9 Å². The van der Waals surface area contributed by atoms with Gasteiger partial charge in [0.2, 0.25) is 0 Å². The van der Waals surface area contributed by atoms with Crippen LogP contribution in [-0.4, -0.2) is 14.8 Å². The molecule has 15 heavy (non-hydrogen) atoms. The Morgan fingerprint density at radius 2 is 2.07 bits per heavy atom. The SMILES string of the molecule is O=P(O)(O)OCc1c[nH]c2ccccc12. The highest BCUT2D eigenvalue weighted by molar-refractivity contribution is 7.46. The van der Waals surface area contributed by atoms with Crippen LogP contribution in [0.1, 0.15) is 5.56 Å². The van der Waals surface area contributed by atoms with Crippen LogP contribution in [0.2, 0.25) is 0 Å². The van der Waals surface area contributed by atoms with Gasteiger partial charge in [0.25, 0.3) is 0 Å². The Morgan fingerprint density at radius 3 is 2.80 bits per heavy atom. The number of H-pyrrole nitrogens is 1. The third-order valence-electron chi connectivity index (χ3n) is 2.06. The molecule has 0 bridgehead atoms. The van der Waals surface area contributed by atoms with Crippen LogP contribution in [0.15, 0.2) is 30.5 Å². The van der Waals surface area contributed by atoms with Crippen LogP contribution in [0.25, 0.3) is 10.9 Å². The van der Waals surface area contributed by atoms with Gasteiger partial charge in [0.15, 0.2) is 0 Å². The van der Waals surface area contributed by atoms with Crippen LogP contribution in [0.5, 0.6) is 0 Å². The highest BCUT2D eigenvalue weighted by Crippen LogP contribution is 2.37. The highest BCUT2D eigenvalue weighted by Gasteiger charge is 2.14. The van der Waals surface area contributed by atoms with Crippen molar-refractivity contribution in [2.75, 3.05) is 0 Å². The molecule has 0 radical (unpaired) electrons. The van der Waals surface area contributed by atoms with E-state index in [4.69, 9.17) is 9.79 Å². The second-order valence-corrected chi connectivity index (χ2v) is 4.36. The Balaban J connectivity index is 2.25. The Hall–Kier alpha value is -1.13. The molecule has 1 aromatic heterocycles. The Bertz CT molecular complexity index is 516.